The van der Waals surface area contributed by atoms with Crippen LogP contribution in [0, 0.1) is 12.7 Å². The van der Waals surface area contributed by atoms with Crippen LogP contribution < -0.4 is 10.6 Å². The fraction of sp³-hybridized carbons (Fsp3) is 0.278. The number of hydrogen-bond donors (Lipinski definition) is 2. The Morgan fingerprint density at radius 2 is 1.80 bits per heavy atom. The Kier molecular flexibility index (Phi) is 6.14. The molecule has 0 bridgehead atoms. The lowest BCUT2D eigenvalue weighted by Crippen LogP contribution is -2.30. The number of rotatable bonds is 7. The van der Waals surface area contributed by atoms with Gasteiger partial charge in [0.05, 0.1) is 17.1 Å². The van der Waals surface area contributed by atoms with Crippen molar-refractivity contribution in [2.75, 3.05) is 18.4 Å². The Balaban J connectivity index is 2.25. The molecule has 7 heteroatoms. The van der Waals surface area contributed by atoms with E-state index in [4.69, 9.17) is 0 Å². The Labute approximate surface area is 147 Å². The van der Waals surface area contributed by atoms with E-state index >= 15 is 0 Å². The molecule has 0 saturated carbocycles. The molecule has 0 atom stereocenters. The molecule has 1 amide bonds. The fourth-order valence-corrected chi connectivity index (χ4v) is 3.55. The summed E-state index contributed by atoms with van der Waals surface area (Å²) in [7, 11) is -3.98. The van der Waals surface area contributed by atoms with Crippen molar-refractivity contribution in [3.63, 3.8) is 0 Å². The van der Waals surface area contributed by atoms with Gasteiger partial charge in [-0.25, -0.2) is 12.8 Å². The average Bonchev–Trinajstić information content (AvgIpc) is 2.59. The van der Waals surface area contributed by atoms with Crippen molar-refractivity contribution in [1.82, 2.24) is 5.32 Å². The first kappa shape index (κ1) is 18.9. The van der Waals surface area contributed by atoms with Crippen LogP contribution in [0.15, 0.2) is 52.3 Å². The zero-order valence-corrected chi connectivity index (χ0v) is 15.0. The van der Waals surface area contributed by atoms with Crippen molar-refractivity contribution in [1.29, 1.82) is 0 Å². The van der Waals surface area contributed by atoms with Gasteiger partial charge in [-0.05, 0) is 37.6 Å². The molecule has 5 nitrogen and oxygen atoms in total. The van der Waals surface area contributed by atoms with Gasteiger partial charge in [0.2, 0.25) is 15.7 Å². The monoisotopic (exact) mass is 364 g/mol. The van der Waals surface area contributed by atoms with Crippen LogP contribution in [0.4, 0.5) is 10.1 Å². The van der Waals surface area contributed by atoms with Crippen LogP contribution in [0.3, 0.4) is 0 Å². The van der Waals surface area contributed by atoms with E-state index in [9.17, 15) is 17.6 Å². The second kappa shape index (κ2) is 8.11. The largest absolute Gasteiger partial charge is 0.374 e. The van der Waals surface area contributed by atoms with Gasteiger partial charge in [0.25, 0.3) is 0 Å². The summed E-state index contributed by atoms with van der Waals surface area (Å²) in [5, 5.41) is 5.30. The normalized spacial score (nSPS) is 11.2. The predicted octanol–water partition coefficient (Wildman–Crippen LogP) is 2.91. The van der Waals surface area contributed by atoms with Gasteiger partial charge in [-0.15, -0.1) is 0 Å². The molecule has 0 unspecified atom stereocenters. The number of hydrogen-bond acceptors (Lipinski definition) is 4. The lowest BCUT2D eigenvalue weighted by atomic mass is 10.2. The van der Waals surface area contributed by atoms with E-state index in [1.807, 2.05) is 13.8 Å². The van der Waals surface area contributed by atoms with Crippen molar-refractivity contribution in [2.45, 2.75) is 30.1 Å². The lowest BCUT2D eigenvalue weighted by Gasteiger charge is -2.11. The first-order valence-corrected chi connectivity index (χ1v) is 9.45. The van der Waals surface area contributed by atoms with Crippen LogP contribution in [-0.4, -0.2) is 27.4 Å². The lowest BCUT2D eigenvalue weighted by molar-refractivity contribution is -0.119. The van der Waals surface area contributed by atoms with Crippen LogP contribution in [0.25, 0.3) is 0 Å². The Bertz CT molecular complexity index is 849. The molecule has 0 aliphatic carbocycles. The summed E-state index contributed by atoms with van der Waals surface area (Å²) in [6, 6.07) is 10.3. The molecule has 134 valence electrons. The number of benzene rings is 2. The van der Waals surface area contributed by atoms with Crippen LogP contribution in [0.1, 0.15) is 18.9 Å². The summed E-state index contributed by atoms with van der Waals surface area (Å²) in [5.74, 6) is -1.18. The second-order valence-electron chi connectivity index (χ2n) is 5.64. The highest BCUT2D eigenvalue weighted by molar-refractivity contribution is 7.91. The second-order valence-corrected chi connectivity index (χ2v) is 7.56. The Hall–Kier alpha value is -2.41. The summed E-state index contributed by atoms with van der Waals surface area (Å²) in [5.41, 5.74) is 0.882. The van der Waals surface area contributed by atoms with Crippen LogP contribution in [-0.2, 0) is 14.6 Å². The Morgan fingerprint density at radius 1 is 1.12 bits per heavy atom. The third kappa shape index (κ3) is 4.57. The minimum atomic E-state index is -3.98. The van der Waals surface area contributed by atoms with E-state index in [1.165, 1.54) is 30.3 Å². The van der Waals surface area contributed by atoms with Gasteiger partial charge < -0.3 is 10.6 Å². The molecular weight excluding hydrogens is 343 g/mol. The van der Waals surface area contributed by atoms with Crippen LogP contribution >= 0.6 is 0 Å². The summed E-state index contributed by atoms with van der Waals surface area (Å²) in [6.07, 6.45) is 0.796. The fourth-order valence-electron chi connectivity index (χ4n) is 2.20. The number of carbonyl (C=O) groups is 1. The standard InChI is InChI=1S/C18H21FN2O3S/c1-3-11-20-17(22)12-21-15-5-4-6-16(18(15)19)25(23,24)14-9-7-13(2)8-10-14/h4-10,21H,3,11-12H2,1-2H3,(H,20,22). The van der Waals surface area contributed by atoms with E-state index < -0.39 is 20.5 Å². The number of halogens is 1. The van der Waals surface area contributed by atoms with E-state index in [-0.39, 0.29) is 23.0 Å². The molecule has 0 spiro atoms. The molecule has 0 aliphatic heterocycles. The first-order chi connectivity index (χ1) is 11.9. The number of anilines is 1. The maximum atomic E-state index is 14.7. The quantitative estimate of drug-likeness (QED) is 0.792. The number of nitrogens with one attached hydrogen (secondary N) is 2. The van der Waals surface area contributed by atoms with E-state index in [0.717, 1.165) is 12.0 Å². The maximum absolute atomic E-state index is 14.7. The Morgan fingerprint density at radius 3 is 2.44 bits per heavy atom. The molecule has 0 fully saturated rings. The van der Waals surface area contributed by atoms with Crippen LogP contribution in [0.2, 0.25) is 0 Å². The zero-order valence-electron chi connectivity index (χ0n) is 14.2. The maximum Gasteiger partial charge on any atom is 0.239 e. The topological polar surface area (TPSA) is 75.3 Å². The molecule has 0 heterocycles. The van der Waals surface area contributed by atoms with Gasteiger partial charge in [-0.3, -0.25) is 4.79 Å². The molecule has 0 aromatic heterocycles. The zero-order chi connectivity index (χ0) is 18.4. The minimum Gasteiger partial charge on any atom is -0.374 e. The van der Waals surface area contributed by atoms with Gasteiger partial charge in [-0.2, -0.15) is 0 Å². The molecular formula is C18H21FN2O3S. The highest BCUT2D eigenvalue weighted by atomic mass is 32.2. The van der Waals surface area contributed by atoms with Crippen molar-refractivity contribution >= 4 is 21.4 Å². The number of aryl methyl sites for hydroxylation is 1. The van der Waals surface area contributed by atoms with Gasteiger partial charge in [0.1, 0.15) is 4.90 Å². The first-order valence-electron chi connectivity index (χ1n) is 7.97. The minimum absolute atomic E-state index is 0.0230. The molecule has 2 rings (SSSR count). The summed E-state index contributed by atoms with van der Waals surface area (Å²) >= 11 is 0. The average molecular weight is 364 g/mol. The molecule has 0 aliphatic rings. The third-order valence-electron chi connectivity index (χ3n) is 3.60. The van der Waals surface area contributed by atoms with Crippen molar-refractivity contribution in [3.8, 4) is 0 Å². The summed E-state index contributed by atoms with van der Waals surface area (Å²) in [6.45, 7) is 4.16. The molecule has 2 N–H and O–H groups in total. The van der Waals surface area contributed by atoms with Crippen molar-refractivity contribution < 1.29 is 17.6 Å². The van der Waals surface area contributed by atoms with Gasteiger partial charge >= 0.3 is 0 Å². The van der Waals surface area contributed by atoms with E-state index in [0.29, 0.717) is 6.54 Å². The van der Waals surface area contributed by atoms with E-state index in [1.54, 1.807) is 12.1 Å². The highest BCUT2D eigenvalue weighted by Crippen LogP contribution is 2.27. The molecule has 25 heavy (non-hydrogen) atoms. The molecule has 2 aromatic rings. The smallest absolute Gasteiger partial charge is 0.239 e. The molecule has 0 radical (unpaired) electrons. The molecule has 0 saturated heterocycles. The molecule has 2 aromatic carbocycles. The van der Waals surface area contributed by atoms with Gasteiger partial charge in [-0.1, -0.05) is 30.7 Å². The number of sulfone groups is 1. The van der Waals surface area contributed by atoms with Crippen molar-refractivity contribution in [2.24, 2.45) is 0 Å². The van der Waals surface area contributed by atoms with Crippen LogP contribution in [0.5, 0.6) is 0 Å². The van der Waals surface area contributed by atoms with Gasteiger partial charge in [0.15, 0.2) is 5.82 Å². The van der Waals surface area contributed by atoms with E-state index in [2.05, 4.69) is 10.6 Å². The van der Waals surface area contributed by atoms with Crippen molar-refractivity contribution in [3.05, 3.63) is 53.8 Å². The third-order valence-corrected chi connectivity index (χ3v) is 5.38. The van der Waals surface area contributed by atoms with Gasteiger partial charge in [0, 0.05) is 6.54 Å². The number of carbonyl (C=O) groups excluding carboxylic acids is 1. The summed E-state index contributed by atoms with van der Waals surface area (Å²) in [4.78, 5) is 11.2. The highest BCUT2D eigenvalue weighted by Gasteiger charge is 2.23. The number of amides is 1. The predicted molar refractivity (Wildman–Crippen MR) is 94.8 cm³/mol. The summed E-state index contributed by atoms with van der Waals surface area (Å²) < 4.78 is 40.0. The SMILES string of the molecule is CCCNC(=O)CNc1cccc(S(=O)(=O)c2ccc(C)cc2)c1F.